The molecule has 0 aliphatic rings. The van der Waals surface area contributed by atoms with Crippen molar-refractivity contribution in [3.8, 4) is 0 Å². The highest BCUT2D eigenvalue weighted by Crippen LogP contribution is 2.12. The first kappa shape index (κ1) is 14.2. The first-order valence-electron chi connectivity index (χ1n) is 6.28. The Morgan fingerprint density at radius 1 is 1.30 bits per heavy atom. The van der Waals surface area contributed by atoms with Crippen molar-refractivity contribution in [3.63, 3.8) is 0 Å². The van der Waals surface area contributed by atoms with Crippen LogP contribution in [0.15, 0.2) is 21.9 Å². The summed E-state index contributed by atoms with van der Waals surface area (Å²) in [5, 5.41) is 17.4. The molecule has 8 heteroatoms. The molecule has 1 atom stereocenters. The molecule has 0 aliphatic carbocycles. The molecular weight excluding hydrogens is 262 g/mol. The number of hydrogen-bond acceptors (Lipinski definition) is 5. The lowest BCUT2D eigenvalue weighted by Crippen LogP contribution is -2.38. The van der Waals surface area contributed by atoms with Gasteiger partial charge in [0.2, 0.25) is 0 Å². The third-order valence-corrected chi connectivity index (χ3v) is 3.23. The average molecular weight is 279 g/mol. The van der Waals surface area contributed by atoms with Crippen molar-refractivity contribution in [1.29, 1.82) is 0 Å². The lowest BCUT2D eigenvalue weighted by atomic mass is 10.2. The maximum absolute atomic E-state index is 11.8. The molecule has 2 aromatic heterocycles. The summed E-state index contributed by atoms with van der Waals surface area (Å²) in [6.45, 7) is 2.08. The Morgan fingerprint density at radius 2 is 2.00 bits per heavy atom. The third-order valence-electron chi connectivity index (χ3n) is 3.23. The molecule has 0 aromatic carbocycles. The van der Waals surface area contributed by atoms with E-state index in [1.165, 1.54) is 22.4 Å². The molecule has 0 spiro atoms. The fourth-order valence-corrected chi connectivity index (χ4v) is 1.85. The number of hydrogen-bond donors (Lipinski definition) is 1. The maximum Gasteiger partial charge on any atom is 0.330 e. The molecule has 20 heavy (non-hydrogen) atoms. The van der Waals surface area contributed by atoms with E-state index in [1.807, 2.05) is 6.92 Å². The van der Waals surface area contributed by atoms with E-state index in [0.717, 1.165) is 4.57 Å². The predicted molar refractivity (Wildman–Crippen MR) is 71.3 cm³/mol. The van der Waals surface area contributed by atoms with Crippen molar-refractivity contribution in [2.45, 2.75) is 26.0 Å². The standard InChI is InChI=1S/C12H17N5O3/c1-4-10(18)9-7-17(14-13-9)6-8-5-11(19)16(3)12(20)15(8)2/h5,7,10,18H,4,6H2,1-3H3. The topological polar surface area (TPSA) is 94.9 Å². The highest BCUT2D eigenvalue weighted by molar-refractivity contribution is 5.04. The van der Waals surface area contributed by atoms with Gasteiger partial charge in [-0.05, 0) is 6.42 Å². The monoisotopic (exact) mass is 279 g/mol. The van der Waals surface area contributed by atoms with E-state index >= 15 is 0 Å². The van der Waals surface area contributed by atoms with Crippen LogP contribution in [0.4, 0.5) is 0 Å². The Morgan fingerprint density at radius 3 is 2.65 bits per heavy atom. The number of aromatic nitrogens is 5. The minimum Gasteiger partial charge on any atom is -0.387 e. The Labute approximate surface area is 114 Å². The molecule has 0 saturated heterocycles. The number of nitrogens with zero attached hydrogens (tertiary/aromatic N) is 5. The van der Waals surface area contributed by atoms with Crippen LogP contribution < -0.4 is 11.2 Å². The van der Waals surface area contributed by atoms with E-state index in [2.05, 4.69) is 10.3 Å². The molecule has 0 aliphatic heterocycles. The van der Waals surface area contributed by atoms with Gasteiger partial charge in [0, 0.05) is 25.9 Å². The Balaban J connectivity index is 2.34. The van der Waals surface area contributed by atoms with Crippen molar-refractivity contribution >= 4 is 0 Å². The van der Waals surface area contributed by atoms with E-state index in [1.54, 1.807) is 13.2 Å². The molecule has 0 bridgehead atoms. The number of aliphatic hydroxyl groups excluding tert-OH is 1. The molecule has 108 valence electrons. The summed E-state index contributed by atoms with van der Waals surface area (Å²) in [6, 6.07) is 1.39. The molecule has 2 heterocycles. The Kier molecular flexibility index (Phi) is 3.84. The van der Waals surface area contributed by atoms with Crippen LogP contribution in [0.25, 0.3) is 0 Å². The summed E-state index contributed by atoms with van der Waals surface area (Å²) in [5.74, 6) is 0. The quantitative estimate of drug-likeness (QED) is 0.788. The van der Waals surface area contributed by atoms with Gasteiger partial charge in [-0.25, -0.2) is 9.48 Å². The largest absolute Gasteiger partial charge is 0.387 e. The highest BCUT2D eigenvalue weighted by atomic mass is 16.3. The van der Waals surface area contributed by atoms with Gasteiger partial charge in [-0.15, -0.1) is 5.10 Å². The van der Waals surface area contributed by atoms with Crippen molar-refractivity contribution in [3.05, 3.63) is 44.5 Å². The highest BCUT2D eigenvalue weighted by Gasteiger charge is 2.11. The summed E-state index contributed by atoms with van der Waals surface area (Å²) in [7, 11) is 3.02. The van der Waals surface area contributed by atoms with Crippen molar-refractivity contribution in [1.82, 2.24) is 24.1 Å². The van der Waals surface area contributed by atoms with Crippen LogP contribution in [0.5, 0.6) is 0 Å². The van der Waals surface area contributed by atoms with Gasteiger partial charge in [0.1, 0.15) is 5.69 Å². The molecule has 0 amide bonds. The fourth-order valence-electron chi connectivity index (χ4n) is 1.85. The van der Waals surface area contributed by atoms with Crippen LogP contribution in [-0.2, 0) is 20.6 Å². The Bertz CT molecular complexity index is 727. The first-order chi connectivity index (χ1) is 9.43. The second kappa shape index (κ2) is 5.41. The molecule has 2 rings (SSSR count). The van der Waals surface area contributed by atoms with Crippen LogP contribution in [0.3, 0.4) is 0 Å². The molecule has 1 unspecified atom stereocenters. The lowest BCUT2D eigenvalue weighted by molar-refractivity contribution is 0.168. The molecule has 1 N–H and O–H groups in total. The SMILES string of the molecule is CCC(O)c1cn(Cc2cc(=O)n(C)c(=O)n2C)nn1. The molecule has 0 fully saturated rings. The number of aliphatic hydroxyl groups is 1. The summed E-state index contributed by atoms with van der Waals surface area (Å²) in [6.07, 6.45) is 1.50. The van der Waals surface area contributed by atoms with Gasteiger partial charge in [0.15, 0.2) is 0 Å². The van der Waals surface area contributed by atoms with Crippen molar-refractivity contribution in [2.75, 3.05) is 0 Å². The van der Waals surface area contributed by atoms with E-state index in [0.29, 0.717) is 17.8 Å². The van der Waals surface area contributed by atoms with Crippen LogP contribution >= 0.6 is 0 Å². The van der Waals surface area contributed by atoms with Gasteiger partial charge >= 0.3 is 5.69 Å². The number of rotatable bonds is 4. The third kappa shape index (κ3) is 2.55. The van der Waals surface area contributed by atoms with Gasteiger partial charge in [-0.1, -0.05) is 12.1 Å². The minimum atomic E-state index is -0.656. The zero-order chi connectivity index (χ0) is 14.9. The zero-order valence-electron chi connectivity index (χ0n) is 11.6. The summed E-state index contributed by atoms with van der Waals surface area (Å²) >= 11 is 0. The van der Waals surface area contributed by atoms with E-state index in [4.69, 9.17) is 0 Å². The smallest absolute Gasteiger partial charge is 0.330 e. The minimum absolute atomic E-state index is 0.241. The van der Waals surface area contributed by atoms with Crippen LogP contribution in [0.1, 0.15) is 30.8 Å². The lowest BCUT2D eigenvalue weighted by Gasteiger charge is -2.08. The zero-order valence-corrected chi connectivity index (χ0v) is 11.6. The average Bonchev–Trinajstić information content (AvgIpc) is 2.90. The molecular formula is C12H17N5O3. The second-order valence-electron chi connectivity index (χ2n) is 4.64. The molecule has 0 radical (unpaired) electrons. The van der Waals surface area contributed by atoms with Crippen molar-refractivity contribution in [2.24, 2.45) is 14.1 Å². The van der Waals surface area contributed by atoms with Crippen molar-refractivity contribution < 1.29 is 5.11 Å². The molecule has 2 aromatic rings. The second-order valence-corrected chi connectivity index (χ2v) is 4.64. The Hall–Kier alpha value is -2.22. The fraction of sp³-hybridized carbons (Fsp3) is 0.500. The van der Waals surface area contributed by atoms with Crippen LogP contribution in [-0.4, -0.2) is 29.2 Å². The van der Waals surface area contributed by atoms with Gasteiger partial charge < -0.3 is 5.11 Å². The first-order valence-corrected chi connectivity index (χ1v) is 6.28. The summed E-state index contributed by atoms with van der Waals surface area (Å²) < 4.78 is 3.92. The van der Waals surface area contributed by atoms with E-state index in [9.17, 15) is 14.7 Å². The van der Waals surface area contributed by atoms with Crippen LogP contribution in [0.2, 0.25) is 0 Å². The summed E-state index contributed by atoms with van der Waals surface area (Å²) in [5.41, 5.74) is 0.250. The van der Waals surface area contributed by atoms with E-state index in [-0.39, 0.29) is 17.8 Å². The van der Waals surface area contributed by atoms with Gasteiger partial charge in [-0.2, -0.15) is 0 Å². The maximum atomic E-state index is 11.8. The van der Waals surface area contributed by atoms with E-state index < -0.39 is 6.10 Å². The molecule has 8 nitrogen and oxygen atoms in total. The predicted octanol–water partition coefficient (Wildman–Crippen LogP) is -0.833. The normalized spacial score (nSPS) is 12.6. The van der Waals surface area contributed by atoms with Gasteiger partial charge in [0.05, 0.1) is 18.8 Å². The van der Waals surface area contributed by atoms with Gasteiger partial charge in [-0.3, -0.25) is 13.9 Å². The summed E-state index contributed by atoms with van der Waals surface area (Å²) in [4.78, 5) is 23.4. The van der Waals surface area contributed by atoms with Gasteiger partial charge in [0.25, 0.3) is 5.56 Å². The molecule has 0 saturated carbocycles. The van der Waals surface area contributed by atoms with Crippen LogP contribution in [0, 0.1) is 0 Å².